The summed E-state index contributed by atoms with van der Waals surface area (Å²) >= 11 is 6.61. The van der Waals surface area contributed by atoms with Gasteiger partial charge in [0.05, 0.1) is 10.6 Å². The predicted molar refractivity (Wildman–Crippen MR) is 125 cm³/mol. The van der Waals surface area contributed by atoms with Crippen molar-refractivity contribution in [1.29, 1.82) is 0 Å². The first-order valence-electron chi connectivity index (χ1n) is 10.6. The van der Waals surface area contributed by atoms with Crippen molar-refractivity contribution in [2.75, 3.05) is 11.9 Å². The van der Waals surface area contributed by atoms with Gasteiger partial charge in [0.25, 0.3) is 0 Å². The van der Waals surface area contributed by atoms with Crippen LogP contribution in [-0.4, -0.2) is 44.3 Å². The number of hydrogen-bond donors (Lipinski definition) is 4. The largest absolute Gasteiger partial charge is 0.338 e. The maximum Gasteiger partial charge on any atom is 0.315 e. The molecular formula is C20H29N7O2S2. The number of aromatic nitrogens is 4. The Kier molecular flexibility index (Phi) is 8.35. The van der Waals surface area contributed by atoms with Gasteiger partial charge in [0.2, 0.25) is 5.91 Å². The number of aryl methyl sites for hydroxylation is 1. The SMILES string of the molecule is C=CCn1c(-c2sc(NC(=O)CCCNC(=O)NC3CCCCC3)nc2C)n[nH]c1=S. The molecule has 0 aliphatic heterocycles. The summed E-state index contributed by atoms with van der Waals surface area (Å²) in [5, 5.41) is 16.3. The summed E-state index contributed by atoms with van der Waals surface area (Å²) in [6, 6.07) is 0.122. The second kappa shape index (κ2) is 11.2. The summed E-state index contributed by atoms with van der Waals surface area (Å²) in [6.45, 7) is 6.59. The van der Waals surface area contributed by atoms with Gasteiger partial charge in [0.1, 0.15) is 0 Å². The second-order valence-corrected chi connectivity index (χ2v) is 8.96. The number of aromatic amines is 1. The van der Waals surface area contributed by atoms with E-state index < -0.39 is 0 Å². The van der Waals surface area contributed by atoms with E-state index in [4.69, 9.17) is 12.2 Å². The minimum atomic E-state index is -0.152. The lowest BCUT2D eigenvalue weighted by Crippen LogP contribution is -2.43. The van der Waals surface area contributed by atoms with Crippen LogP contribution in [0.3, 0.4) is 0 Å². The van der Waals surface area contributed by atoms with Crippen molar-refractivity contribution in [3.63, 3.8) is 0 Å². The van der Waals surface area contributed by atoms with Crippen molar-refractivity contribution in [2.45, 2.75) is 64.5 Å². The number of H-pyrrole nitrogens is 1. The van der Waals surface area contributed by atoms with E-state index in [0.717, 1.165) is 23.4 Å². The summed E-state index contributed by atoms with van der Waals surface area (Å²) in [6.07, 6.45) is 8.29. The van der Waals surface area contributed by atoms with Crippen LogP contribution in [0.5, 0.6) is 0 Å². The van der Waals surface area contributed by atoms with Crippen molar-refractivity contribution in [1.82, 2.24) is 30.4 Å². The Bertz CT molecular complexity index is 973. The smallest absolute Gasteiger partial charge is 0.315 e. The molecule has 2 aromatic rings. The molecule has 0 bridgehead atoms. The zero-order chi connectivity index (χ0) is 22.2. The number of anilines is 1. The zero-order valence-electron chi connectivity index (χ0n) is 17.7. The third-order valence-electron chi connectivity index (χ3n) is 5.12. The fraction of sp³-hybridized carbons (Fsp3) is 0.550. The van der Waals surface area contributed by atoms with Gasteiger partial charge in [0, 0.05) is 25.6 Å². The van der Waals surface area contributed by atoms with Crippen LogP contribution in [0.15, 0.2) is 12.7 Å². The fourth-order valence-corrected chi connectivity index (χ4v) is 4.75. The van der Waals surface area contributed by atoms with Crippen LogP contribution in [-0.2, 0) is 11.3 Å². The number of hydrogen-bond acceptors (Lipinski definition) is 6. The summed E-state index contributed by atoms with van der Waals surface area (Å²) in [5.74, 6) is 0.535. The quantitative estimate of drug-likeness (QED) is 0.256. The molecule has 2 heterocycles. The maximum atomic E-state index is 12.3. The van der Waals surface area contributed by atoms with Gasteiger partial charge in [-0.05, 0) is 38.4 Å². The Morgan fingerprint density at radius 3 is 2.87 bits per heavy atom. The Morgan fingerprint density at radius 2 is 2.13 bits per heavy atom. The number of carbonyl (C=O) groups is 2. The van der Waals surface area contributed by atoms with E-state index >= 15 is 0 Å². The van der Waals surface area contributed by atoms with E-state index in [1.807, 2.05) is 11.5 Å². The molecule has 1 aliphatic carbocycles. The zero-order valence-corrected chi connectivity index (χ0v) is 19.3. The number of allylic oxidation sites excluding steroid dienone is 1. The van der Waals surface area contributed by atoms with Gasteiger partial charge in [-0.3, -0.25) is 14.5 Å². The molecule has 31 heavy (non-hydrogen) atoms. The summed E-state index contributed by atoms with van der Waals surface area (Å²) in [7, 11) is 0. The lowest BCUT2D eigenvalue weighted by Gasteiger charge is -2.22. The molecule has 0 saturated heterocycles. The van der Waals surface area contributed by atoms with E-state index in [-0.39, 0.29) is 18.0 Å². The molecule has 3 rings (SSSR count). The molecule has 9 nitrogen and oxygen atoms in total. The highest BCUT2D eigenvalue weighted by Gasteiger charge is 2.18. The van der Waals surface area contributed by atoms with E-state index in [9.17, 15) is 9.59 Å². The third kappa shape index (κ3) is 6.47. The highest BCUT2D eigenvalue weighted by molar-refractivity contribution is 7.71. The molecule has 0 spiro atoms. The number of nitrogens with one attached hydrogen (secondary N) is 4. The first kappa shape index (κ1) is 23.1. The Hall–Kier alpha value is -2.53. The van der Waals surface area contributed by atoms with Crippen LogP contribution in [0, 0.1) is 11.7 Å². The first-order chi connectivity index (χ1) is 15.0. The molecule has 1 fully saturated rings. The average molecular weight is 464 g/mol. The van der Waals surface area contributed by atoms with Crippen LogP contribution in [0.4, 0.5) is 9.93 Å². The van der Waals surface area contributed by atoms with Gasteiger partial charge in [-0.2, -0.15) is 5.10 Å². The standard InChI is InChI=1S/C20H29N7O2S2/c1-3-12-27-17(25-26-20(27)30)16-13(2)22-19(31-16)24-15(28)10-7-11-21-18(29)23-14-8-5-4-6-9-14/h3,14H,1,4-12H2,2H3,(H,26,30)(H2,21,23,29)(H,22,24,28). The Morgan fingerprint density at radius 1 is 1.35 bits per heavy atom. The number of urea groups is 1. The normalized spacial score (nSPS) is 14.2. The molecular weight excluding hydrogens is 434 g/mol. The predicted octanol–water partition coefficient (Wildman–Crippen LogP) is 3.91. The summed E-state index contributed by atoms with van der Waals surface area (Å²) in [4.78, 5) is 29.5. The van der Waals surface area contributed by atoms with E-state index in [2.05, 4.69) is 37.7 Å². The molecule has 1 saturated carbocycles. The van der Waals surface area contributed by atoms with E-state index in [1.54, 1.807) is 6.08 Å². The Balaban J connectivity index is 1.45. The number of amides is 3. The highest BCUT2D eigenvalue weighted by atomic mass is 32.1. The fourth-order valence-electron chi connectivity index (χ4n) is 3.56. The van der Waals surface area contributed by atoms with Crippen molar-refractivity contribution in [2.24, 2.45) is 0 Å². The molecule has 0 atom stereocenters. The van der Waals surface area contributed by atoms with Gasteiger partial charge < -0.3 is 16.0 Å². The molecule has 3 amide bonds. The second-order valence-electron chi connectivity index (χ2n) is 7.57. The lowest BCUT2D eigenvalue weighted by atomic mass is 9.96. The van der Waals surface area contributed by atoms with Gasteiger partial charge >= 0.3 is 6.03 Å². The van der Waals surface area contributed by atoms with Crippen LogP contribution in [0.2, 0.25) is 0 Å². The molecule has 0 unspecified atom stereocenters. The van der Waals surface area contributed by atoms with E-state index in [1.165, 1.54) is 30.6 Å². The minimum Gasteiger partial charge on any atom is -0.338 e. The van der Waals surface area contributed by atoms with Crippen molar-refractivity contribution in [3.8, 4) is 10.7 Å². The topological polar surface area (TPSA) is 117 Å². The van der Waals surface area contributed by atoms with Gasteiger partial charge in [-0.25, -0.2) is 9.78 Å². The number of nitrogens with zero attached hydrogens (tertiary/aromatic N) is 3. The van der Waals surface area contributed by atoms with Crippen LogP contribution >= 0.6 is 23.6 Å². The van der Waals surface area contributed by atoms with Crippen molar-refractivity contribution >= 4 is 40.6 Å². The molecule has 1 aliphatic rings. The average Bonchev–Trinajstić information content (AvgIpc) is 3.28. The number of carbonyl (C=O) groups excluding carboxylic acids is 2. The van der Waals surface area contributed by atoms with Crippen molar-refractivity contribution in [3.05, 3.63) is 23.1 Å². The maximum absolute atomic E-state index is 12.3. The molecule has 168 valence electrons. The van der Waals surface area contributed by atoms with Crippen LogP contribution in [0.1, 0.15) is 50.6 Å². The number of thiazole rings is 1. The summed E-state index contributed by atoms with van der Waals surface area (Å²) in [5.41, 5.74) is 0.765. The summed E-state index contributed by atoms with van der Waals surface area (Å²) < 4.78 is 2.34. The third-order valence-corrected chi connectivity index (χ3v) is 6.50. The van der Waals surface area contributed by atoms with Gasteiger partial charge in [-0.15, -0.1) is 6.58 Å². The van der Waals surface area contributed by atoms with Crippen LogP contribution in [0.25, 0.3) is 10.7 Å². The minimum absolute atomic E-state index is 0.139. The first-order valence-corrected chi connectivity index (χ1v) is 11.8. The van der Waals surface area contributed by atoms with Gasteiger partial charge in [0.15, 0.2) is 15.7 Å². The number of rotatable bonds is 9. The molecule has 4 N–H and O–H groups in total. The van der Waals surface area contributed by atoms with E-state index in [0.29, 0.717) is 41.7 Å². The highest BCUT2D eigenvalue weighted by Crippen LogP contribution is 2.31. The molecule has 0 aromatic carbocycles. The molecule has 2 aromatic heterocycles. The Labute approximate surface area is 190 Å². The monoisotopic (exact) mass is 463 g/mol. The molecule has 0 radical (unpaired) electrons. The van der Waals surface area contributed by atoms with Crippen molar-refractivity contribution < 1.29 is 9.59 Å². The van der Waals surface area contributed by atoms with Crippen LogP contribution < -0.4 is 16.0 Å². The molecule has 11 heteroatoms. The van der Waals surface area contributed by atoms with Gasteiger partial charge in [-0.1, -0.05) is 36.7 Å². The lowest BCUT2D eigenvalue weighted by molar-refractivity contribution is -0.116.